The zero-order chi connectivity index (χ0) is 15.4. The van der Waals surface area contributed by atoms with Crippen molar-refractivity contribution in [2.75, 3.05) is 13.1 Å². The first-order chi connectivity index (χ1) is 10.7. The number of nitrogens with one attached hydrogen (secondary N) is 1. The van der Waals surface area contributed by atoms with Gasteiger partial charge in [0.25, 0.3) is 5.91 Å². The van der Waals surface area contributed by atoms with Gasteiger partial charge < -0.3 is 5.32 Å². The van der Waals surface area contributed by atoms with Crippen LogP contribution in [0.15, 0.2) is 54.9 Å². The van der Waals surface area contributed by atoms with Crippen LogP contribution in [0.5, 0.6) is 0 Å². The zero-order valence-electron chi connectivity index (χ0n) is 12.8. The van der Waals surface area contributed by atoms with E-state index in [2.05, 4.69) is 46.4 Å². The monoisotopic (exact) mass is 295 g/mol. The Kier molecular flexibility index (Phi) is 4.49. The molecule has 0 aliphatic carbocycles. The van der Waals surface area contributed by atoms with E-state index in [0.29, 0.717) is 11.6 Å². The fraction of sp³-hybridized carbons (Fsp3) is 0.333. The van der Waals surface area contributed by atoms with E-state index in [4.69, 9.17) is 0 Å². The third-order valence-corrected chi connectivity index (χ3v) is 4.33. The summed E-state index contributed by atoms with van der Waals surface area (Å²) in [6.07, 6.45) is 4.29. The Morgan fingerprint density at radius 1 is 1.23 bits per heavy atom. The van der Waals surface area contributed by atoms with Crippen LogP contribution in [0.3, 0.4) is 0 Å². The molecule has 0 spiro atoms. The molecule has 3 rings (SSSR count). The van der Waals surface area contributed by atoms with Crippen molar-refractivity contribution in [1.82, 2.24) is 15.2 Å². The fourth-order valence-electron chi connectivity index (χ4n) is 2.97. The molecule has 1 amide bonds. The molecule has 1 aliphatic rings. The van der Waals surface area contributed by atoms with E-state index in [1.54, 1.807) is 24.5 Å². The van der Waals surface area contributed by atoms with Crippen molar-refractivity contribution in [2.45, 2.75) is 25.4 Å². The number of carbonyl (C=O) groups is 1. The molecule has 1 aromatic carbocycles. The molecular formula is C18H21N3O. The van der Waals surface area contributed by atoms with Crippen molar-refractivity contribution < 1.29 is 4.79 Å². The normalized spacial score (nSPS) is 19.8. The Morgan fingerprint density at radius 3 is 2.68 bits per heavy atom. The summed E-state index contributed by atoms with van der Waals surface area (Å²) >= 11 is 0. The van der Waals surface area contributed by atoms with E-state index >= 15 is 0 Å². The maximum absolute atomic E-state index is 12.2. The molecule has 1 saturated heterocycles. The lowest BCUT2D eigenvalue weighted by Gasteiger charge is -2.24. The summed E-state index contributed by atoms with van der Waals surface area (Å²) in [6, 6.07) is 14.6. The quantitative estimate of drug-likeness (QED) is 0.943. The lowest BCUT2D eigenvalue weighted by Crippen LogP contribution is -2.37. The van der Waals surface area contributed by atoms with Gasteiger partial charge in [-0.05, 0) is 31.0 Å². The first kappa shape index (κ1) is 14.7. The third-order valence-electron chi connectivity index (χ3n) is 4.33. The summed E-state index contributed by atoms with van der Waals surface area (Å²) in [5.74, 6) is -0.0124. The lowest BCUT2D eigenvalue weighted by molar-refractivity contribution is 0.0936. The highest BCUT2D eigenvalue weighted by Crippen LogP contribution is 2.24. The van der Waals surface area contributed by atoms with Crippen LogP contribution in [0, 0.1) is 0 Å². The largest absolute Gasteiger partial charge is 0.348 e. The minimum absolute atomic E-state index is 0.0124. The number of likely N-dealkylation sites (tertiary alicyclic amines) is 1. The molecule has 2 atom stereocenters. The van der Waals surface area contributed by atoms with Crippen molar-refractivity contribution in [2.24, 2.45) is 0 Å². The molecule has 4 nitrogen and oxygen atoms in total. The minimum Gasteiger partial charge on any atom is -0.348 e. The average Bonchev–Trinajstić information content (AvgIpc) is 3.04. The minimum atomic E-state index is -0.0124. The number of hydrogen-bond donors (Lipinski definition) is 1. The van der Waals surface area contributed by atoms with Gasteiger partial charge in [-0.15, -0.1) is 0 Å². The van der Waals surface area contributed by atoms with Crippen LogP contribution in [0.4, 0.5) is 0 Å². The topological polar surface area (TPSA) is 45.2 Å². The van der Waals surface area contributed by atoms with Gasteiger partial charge in [-0.25, -0.2) is 0 Å². The van der Waals surface area contributed by atoms with E-state index in [0.717, 1.165) is 19.5 Å². The molecule has 2 unspecified atom stereocenters. The fourth-order valence-corrected chi connectivity index (χ4v) is 2.97. The second-order valence-corrected chi connectivity index (χ2v) is 5.78. The van der Waals surface area contributed by atoms with Gasteiger partial charge in [0.2, 0.25) is 0 Å². The molecule has 0 saturated carbocycles. The number of amides is 1. The lowest BCUT2D eigenvalue weighted by atomic mass is 10.1. The Hall–Kier alpha value is -2.20. The number of nitrogens with zero attached hydrogens (tertiary/aromatic N) is 2. The summed E-state index contributed by atoms with van der Waals surface area (Å²) in [6.45, 7) is 4.13. The number of benzene rings is 1. The van der Waals surface area contributed by atoms with E-state index in [-0.39, 0.29) is 11.9 Å². The Balaban J connectivity index is 1.57. The second-order valence-electron chi connectivity index (χ2n) is 5.78. The molecule has 22 heavy (non-hydrogen) atoms. The van der Waals surface area contributed by atoms with Gasteiger partial charge in [0, 0.05) is 43.1 Å². The maximum atomic E-state index is 12.2. The Labute approximate surface area is 131 Å². The second kappa shape index (κ2) is 6.71. The van der Waals surface area contributed by atoms with Crippen LogP contribution in [0.25, 0.3) is 0 Å². The van der Waals surface area contributed by atoms with Crippen molar-refractivity contribution >= 4 is 5.91 Å². The summed E-state index contributed by atoms with van der Waals surface area (Å²) in [5, 5.41) is 3.12. The average molecular weight is 295 g/mol. The van der Waals surface area contributed by atoms with Gasteiger partial charge >= 0.3 is 0 Å². The standard InChI is InChI=1S/C18H21N3O/c1-14(15-5-3-2-4-6-15)21-12-9-17(13-21)20-18(22)16-7-10-19-11-8-16/h2-8,10-11,14,17H,9,12-13H2,1H3,(H,20,22). The van der Waals surface area contributed by atoms with Gasteiger partial charge in [-0.1, -0.05) is 30.3 Å². The van der Waals surface area contributed by atoms with Gasteiger partial charge in [-0.2, -0.15) is 0 Å². The molecule has 2 heterocycles. The van der Waals surface area contributed by atoms with Crippen LogP contribution >= 0.6 is 0 Å². The third kappa shape index (κ3) is 3.34. The summed E-state index contributed by atoms with van der Waals surface area (Å²) in [5.41, 5.74) is 1.99. The number of hydrogen-bond acceptors (Lipinski definition) is 3. The zero-order valence-corrected chi connectivity index (χ0v) is 12.8. The first-order valence-electron chi connectivity index (χ1n) is 7.74. The van der Waals surface area contributed by atoms with Crippen molar-refractivity contribution in [3.63, 3.8) is 0 Å². The summed E-state index contributed by atoms with van der Waals surface area (Å²) in [4.78, 5) is 18.6. The van der Waals surface area contributed by atoms with Gasteiger partial charge in [-0.3, -0.25) is 14.7 Å². The number of carbonyl (C=O) groups excluding carboxylic acids is 1. The molecule has 0 bridgehead atoms. The van der Waals surface area contributed by atoms with E-state index in [1.807, 2.05) is 6.07 Å². The van der Waals surface area contributed by atoms with Crippen LogP contribution in [-0.4, -0.2) is 34.9 Å². The first-order valence-corrected chi connectivity index (χ1v) is 7.74. The van der Waals surface area contributed by atoms with E-state index in [9.17, 15) is 4.79 Å². The number of pyridine rings is 1. The summed E-state index contributed by atoms with van der Waals surface area (Å²) in [7, 11) is 0. The summed E-state index contributed by atoms with van der Waals surface area (Å²) < 4.78 is 0. The smallest absolute Gasteiger partial charge is 0.251 e. The van der Waals surface area contributed by atoms with Crippen molar-refractivity contribution in [1.29, 1.82) is 0 Å². The number of aromatic nitrogens is 1. The van der Waals surface area contributed by atoms with E-state index < -0.39 is 0 Å². The van der Waals surface area contributed by atoms with Crippen LogP contribution in [-0.2, 0) is 0 Å². The molecular weight excluding hydrogens is 274 g/mol. The molecule has 4 heteroatoms. The SMILES string of the molecule is CC(c1ccccc1)N1CCC(NC(=O)c2ccncc2)C1. The molecule has 1 fully saturated rings. The molecule has 0 radical (unpaired) electrons. The predicted octanol–water partition coefficient (Wildman–Crippen LogP) is 2.65. The molecule has 1 aromatic heterocycles. The highest BCUT2D eigenvalue weighted by molar-refractivity contribution is 5.94. The highest BCUT2D eigenvalue weighted by Gasteiger charge is 2.27. The Morgan fingerprint density at radius 2 is 1.95 bits per heavy atom. The van der Waals surface area contributed by atoms with Crippen LogP contribution < -0.4 is 5.32 Å². The van der Waals surface area contributed by atoms with Gasteiger partial charge in [0.1, 0.15) is 0 Å². The molecule has 114 valence electrons. The molecule has 2 aromatic rings. The predicted molar refractivity (Wildman–Crippen MR) is 86.5 cm³/mol. The van der Waals surface area contributed by atoms with E-state index in [1.165, 1.54) is 5.56 Å². The highest BCUT2D eigenvalue weighted by atomic mass is 16.1. The van der Waals surface area contributed by atoms with Crippen LogP contribution in [0.2, 0.25) is 0 Å². The maximum Gasteiger partial charge on any atom is 0.251 e. The van der Waals surface area contributed by atoms with Crippen LogP contribution in [0.1, 0.15) is 35.3 Å². The van der Waals surface area contributed by atoms with Gasteiger partial charge in [0.15, 0.2) is 0 Å². The van der Waals surface area contributed by atoms with Crippen molar-refractivity contribution in [3.05, 3.63) is 66.0 Å². The number of rotatable bonds is 4. The Bertz CT molecular complexity index is 615. The molecule has 1 aliphatic heterocycles. The molecule has 1 N–H and O–H groups in total. The van der Waals surface area contributed by atoms with Gasteiger partial charge in [0.05, 0.1) is 0 Å². The van der Waals surface area contributed by atoms with Crippen molar-refractivity contribution in [3.8, 4) is 0 Å².